The molecule has 1 rings (SSSR count). The van der Waals surface area contributed by atoms with Crippen LogP contribution in [0, 0.1) is 176 Å². The van der Waals surface area contributed by atoms with Crippen molar-refractivity contribution in [3.05, 3.63) is 0 Å². The van der Waals surface area contributed by atoms with E-state index in [1.165, 1.54) is 0 Å². The first-order valence-electron chi connectivity index (χ1n) is 3.56. The molecule has 0 aromatic carbocycles. The van der Waals surface area contributed by atoms with Crippen LogP contribution in [0.1, 0.15) is 0 Å². The summed E-state index contributed by atoms with van der Waals surface area (Å²) in [6.45, 7) is -0.415. The topological polar surface area (TPSA) is 90.2 Å². The van der Waals surface area contributed by atoms with E-state index < -0.39 is 36.5 Å². The average molecular weight is 1100 g/mol. The molecule has 1 fully saturated rings. The zero-order valence-corrected chi connectivity index (χ0v) is 28.4. The molecule has 1 aliphatic heterocycles. The molecule has 0 saturated carbocycles. The number of aliphatic hydroxyl groups excluding tert-OH is 4. The van der Waals surface area contributed by atoms with E-state index in [0.717, 1.165) is 0 Å². The van der Waals surface area contributed by atoms with Gasteiger partial charge in [0.15, 0.2) is 0 Å². The molecule has 4 N–H and O–H groups in total. The van der Waals surface area contributed by atoms with Crippen LogP contribution in [0.25, 0.3) is 0 Å². The van der Waals surface area contributed by atoms with E-state index in [4.69, 9.17) is 14.9 Å². The van der Waals surface area contributed by atoms with Gasteiger partial charge in [-0.2, -0.15) is 0 Å². The van der Waals surface area contributed by atoms with E-state index in [0.29, 0.717) is 0 Å². The van der Waals surface area contributed by atoms with Crippen molar-refractivity contribution < 1.29 is 201 Å². The van der Waals surface area contributed by atoms with Gasteiger partial charge in [0, 0.05) is 176 Å². The van der Waals surface area contributed by atoms with E-state index in [2.05, 4.69) is 12.6 Å². The summed E-state index contributed by atoms with van der Waals surface area (Å²) in [5.41, 5.74) is -0.874. The van der Waals surface area contributed by atoms with Crippen LogP contribution in [0.2, 0.25) is 0 Å². The van der Waals surface area contributed by atoms with Crippen molar-refractivity contribution in [2.24, 2.45) is 0 Å². The van der Waals surface area contributed by atoms with Crippen LogP contribution in [0.4, 0.5) is 0 Å². The Morgan fingerprint density at radius 2 is 1.31 bits per heavy atom. The molecule has 0 aromatic rings. The third-order valence-electron chi connectivity index (χ3n) is 1.87. The average Bonchev–Trinajstić information content (AvgIpc) is 2.08. The van der Waals surface area contributed by atoms with E-state index >= 15 is 0 Å². The summed E-state index contributed by atoms with van der Waals surface area (Å²) in [5, 5.41) is 36.2. The number of ether oxygens (including phenoxy) is 1. The maximum atomic E-state index is 9.20. The third kappa shape index (κ3) is 9.14. The molecule has 1 heterocycles. The van der Waals surface area contributed by atoms with Crippen molar-refractivity contribution >= 4 is 12.6 Å². The molecule has 4 radical (unpaired) electrons. The molecule has 0 aliphatic carbocycles. The second-order valence-corrected chi connectivity index (χ2v) is 3.23. The fourth-order valence-electron chi connectivity index (χ4n) is 1.08. The number of hydrogen-bond donors (Lipinski definition) is 5. The van der Waals surface area contributed by atoms with Crippen molar-refractivity contribution in [1.29, 1.82) is 0 Å². The number of thiol groups is 1. The first-order chi connectivity index (χ1) is 5.57. The zero-order valence-electron chi connectivity index (χ0n) is 8.55. The van der Waals surface area contributed by atoms with Gasteiger partial charge in [-0.1, -0.05) is 0 Å². The Hall–Kier alpha value is 5.92. The maximum Gasteiger partial charge on any atom is 0.129 e. The Morgan fingerprint density at radius 1 is 0.875 bits per heavy atom. The van der Waals surface area contributed by atoms with Crippen molar-refractivity contribution in [1.82, 2.24) is 0 Å². The molecule has 0 amide bonds. The van der Waals surface area contributed by atoms with E-state index in [1.54, 1.807) is 0 Å². The normalized spacial score (nSPS) is 36.9. The van der Waals surface area contributed by atoms with Gasteiger partial charge < -0.3 is 25.2 Å². The summed E-state index contributed by atoms with van der Waals surface area (Å²) in [6.07, 6.45) is -4.70. The molecular weight excluding hydrogens is 1090 g/mol. The summed E-state index contributed by atoms with van der Waals surface area (Å²) in [5.74, 6) is 0. The Labute approximate surface area is 243 Å². The summed E-state index contributed by atoms with van der Waals surface area (Å²) in [6, 6.07) is 0. The van der Waals surface area contributed by atoms with Gasteiger partial charge in [-0.05, 0) is 0 Å². The van der Waals surface area contributed by atoms with Crippen LogP contribution >= 0.6 is 12.6 Å². The van der Waals surface area contributed by atoms with Crippen molar-refractivity contribution in [2.75, 3.05) is 6.61 Å². The summed E-state index contributed by atoms with van der Waals surface area (Å²) in [7, 11) is 0. The molecular formula is C6H12Ac4O5S. The van der Waals surface area contributed by atoms with Gasteiger partial charge in [0.1, 0.15) is 29.9 Å². The standard InChI is InChI=1S/C6H12O5S.4Ac/c7-1-2-3(8)4(9)5(10)6(12)11-2;;;;/h2-10,12H,1H2;;;;/t2?,3-,4?,5?,6+;;;;/m0..../s1. The largest absolute Gasteiger partial charge is 0.394 e. The van der Waals surface area contributed by atoms with Gasteiger partial charge in [-0.3, -0.25) is 0 Å². The smallest absolute Gasteiger partial charge is 0.129 e. The molecule has 0 aromatic heterocycles. The molecule has 5 atom stereocenters. The second-order valence-electron chi connectivity index (χ2n) is 2.72. The fraction of sp³-hybridized carbons (Fsp3) is 1.00. The predicted octanol–water partition coefficient (Wildman–Crippen LogP) is -2.28. The summed E-state index contributed by atoms with van der Waals surface area (Å²) >= 11 is 3.81. The first kappa shape index (κ1) is 29.9. The van der Waals surface area contributed by atoms with Crippen molar-refractivity contribution in [2.45, 2.75) is 29.9 Å². The Bertz CT molecular complexity index is 163. The molecule has 3 unspecified atom stereocenters. The van der Waals surface area contributed by atoms with Gasteiger partial charge in [-0.25, -0.2) is 0 Å². The van der Waals surface area contributed by atoms with Crippen LogP contribution in [-0.4, -0.2) is 56.9 Å². The fourth-order valence-corrected chi connectivity index (χ4v) is 1.41. The predicted molar refractivity (Wildman–Crippen MR) is 42.8 cm³/mol. The molecule has 5 nitrogen and oxygen atoms in total. The van der Waals surface area contributed by atoms with Gasteiger partial charge in [-0.15, -0.1) is 12.6 Å². The van der Waals surface area contributed by atoms with Crippen LogP contribution < -0.4 is 0 Å². The minimum Gasteiger partial charge on any atom is -0.394 e. The van der Waals surface area contributed by atoms with Crippen molar-refractivity contribution in [3.8, 4) is 0 Å². The summed E-state index contributed by atoms with van der Waals surface area (Å²) < 4.78 is 4.88. The molecule has 1 aliphatic rings. The molecule has 0 bridgehead atoms. The number of aliphatic hydroxyl groups is 4. The SMILES string of the molecule is OCC1O[C@H](S)C(O)C(O)[C@H]1O.[Ac].[Ac].[Ac].[Ac]. The molecule has 84 valence electrons. The van der Waals surface area contributed by atoms with Gasteiger partial charge >= 0.3 is 0 Å². The Kier molecular flexibility index (Phi) is 29.5. The minimum atomic E-state index is -1.32. The monoisotopic (exact) mass is 1100 g/mol. The number of hydrogen-bond acceptors (Lipinski definition) is 6. The van der Waals surface area contributed by atoms with Crippen LogP contribution in [0.3, 0.4) is 0 Å². The van der Waals surface area contributed by atoms with Crippen LogP contribution in [-0.2, 0) is 4.74 Å². The van der Waals surface area contributed by atoms with Crippen LogP contribution in [0.5, 0.6) is 0 Å². The van der Waals surface area contributed by atoms with Gasteiger partial charge in [0.25, 0.3) is 0 Å². The Morgan fingerprint density at radius 3 is 1.69 bits per heavy atom. The van der Waals surface area contributed by atoms with E-state index in [9.17, 15) is 10.2 Å². The zero-order chi connectivity index (χ0) is 9.30. The summed E-state index contributed by atoms with van der Waals surface area (Å²) in [4.78, 5) is 0. The molecule has 0 spiro atoms. The van der Waals surface area contributed by atoms with E-state index in [1.807, 2.05) is 0 Å². The number of rotatable bonds is 1. The van der Waals surface area contributed by atoms with E-state index in [-0.39, 0.29) is 176 Å². The molecule has 1 saturated heterocycles. The van der Waals surface area contributed by atoms with Gasteiger partial charge in [0.2, 0.25) is 0 Å². The van der Waals surface area contributed by atoms with Crippen molar-refractivity contribution in [3.63, 3.8) is 0 Å². The quantitative estimate of drug-likeness (QED) is 0.192. The molecule has 10 heteroatoms. The molecule has 16 heavy (non-hydrogen) atoms. The third-order valence-corrected chi connectivity index (χ3v) is 2.29. The first-order valence-corrected chi connectivity index (χ1v) is 4.08. The Balaban J connectivity index is -0.000000180. The second kappa shape index (κ2) is 15.8. The van der Waals surface area contributed by atoms with Crippen LogP contribution in [0.15, 0.2) is 0 Å². The van der Waals surface area contributed by atoms with Gasteiger partial charge in [0.05, 0.1) is 6.61 Å². The maximum absolute atomic E-state index is 9.20. The minimum absolute atomic E-state index is 0.